The molecule has 6 heteroatoms. The fourth-order valence-electron chi connectivity index (χ4n) is 0.754. The van der Waals surface area contributed by atoms with E-state index in [1.807, 2.05) is 22.6 Å². The van der Waals surface area contributed by atoms with Crippen molar-refractivity contribution in [3.8, 4) is 0 Å². The fourth-order valence-corrected chi connectivity index (χ4v) is 1.87. The molecule has 0 aliphatic heterocycles. The van der Waals surface area contributed by atoms with Gasteiger partial charge in [-0.1, -0.05) is 0 Å². The molecule has 4 nitrogen and oxygen atoms in total. The molecule has 0 aliphatic rings. The van der Waals surface area contributed by atoms with E-state index in [2.05, 4.69) is 0 Å². The zero-order chi connectivity index (χ0) is 9.35. The molecule has 12 heavy (non-hydrogen) atoms. The third-order valence-corrected chi connectivity index (χ3v) is 2.85. The van der Waals surface area contributed by atoms with E-state index in [1.165, 1.54) is 12.1 Å². The van der Waals surface area contributed by atoms with Crippen LogP contribution in [0, 0.1) is 3.57 Å². The second kappa shape index (κ2) is 3.19. The number of hydrogen-bond acceptors (Lipinski definition) is 3. The highest BCUT2D eigenvalue weighted by Gasteiger charge is 2.12. The Labute approximate surface area is 83.7 Å². The maximum atomic E-state index is 10.6. The van der Waals surface area contributed by atoms with Crippen LogP contribution in [0.5, 0.6) is 0 Å². The first-order valence-corrected chi connectivity index (χ1v) is 5.45. The molecule has 66 valence electrons. The molecule has 1 rings (SSSR count). The Morgan fingerprint density at radius 2 is 2.00 bits per heavy atom. The number of anilines is 1. The topological polar surface area (TPSA) is 80.4 Å². The molecule has 3 N–H and O–H groups in total. The molecule has 1 aromatic carbocycles. The van der Waals surface area contributed by atoms with Gasteiger partial charge in [0.15, 0.2) is 0 Å². The summed E-state index contributed by atoms with van der Waals surface area (Å²) < 4.78 is 30.7. The Bertz CT molecular complexity index is 401. The quantitative estimate of drug-likeness (QED) is 0.462. The van der Waals surface area contributed by atoms with Crippen molar-refractivity contribution in [2.75, 3.05) is 5.73 Å². The minimum absolute atomic E-state index is 0.0596. The molecule has 0 amide bonds. The highest BCUT2D eigenvalue weighted by Crippen LogP contribution is 2.19. The van der Waals surface area contributed by atoms with Gasteiger partial charge in [0.2, 0.25) is 0 Å². The lowest BCUT2D eigenvalue weighted by Gasteiger charge is -2.01. The summed E-state index contributed by atoms with van der Waals surface area (Å²) in [6, 6.07) is 4.30. The summed E-state index contributed by atoms with van der Waals surface area (Å²) in [5.41, 5.74) is 5.42. The lowest BCUT2D eigenvalue weighted by atomic mass is 10.3. The van der Waals surface area contributed by atoms with Crippen LogP contribution in [0.4, 0.5) is 5.69 Å². The number of nitrogens with two attached hydrogens (primary N) is 1. The molecular weight excluding hydrogens is 293 g/mol. The lowest BCUT2D eigenvalue weighted by molar-refractivity contribution is 0.483. The van der Waals surface area contributed by atoms with Crippen molar-refractivity contribution >= 4 is 38.4 Å². The van der Waals surface area contributed by atoms with Gasteiger partial charge < -0.3 is 5.73 Å². The highest BCUT2D eigenvalue weighted by atomic mass is 127. The van der Waals surface area contributed by atoms with Gasteiger partial charge in [-0.25, -0.2) is 0 Å². The molecule has 0 heterocycles. The second-order valence-electron chi connectivity index (χ2n) is 2.16. The molecule has 0 radical (unpaired) electrons. The molecule has 0 saturated heterocycles. The van der Waals surface area contributed by atoms with Gasteiger partial charge in [0, 0.05) is 3.57 Å². The Hall–Kier alpha value is -0.340. The molecule has 0 atom stereocenters. The molecule has 0 spiro atoms. The summed E-state index contributed by atoms with van der Waals surface area (Å²) >= 11 is 1.99. The lowest BCUT2D eigenvalue weighted by Crippen LogP contribution is -2.02. The number of halogens is 1. The van der Waals surface area contributed by atoms with Crippen molar-refractivity contribution in [3.63, 3.8) is 0 Å². The molecule has 0 aliphatic carbocycles. The van der Waals surface area contributed by atoms with Crippen LogP contribution in [0.3, 0.4) is 0 Å². The predicted molar refractivity (Wildman–Crippen MR) is 53.4 cm³/mol. The van der Waals surface area contributed by atoms with Crippen LogP contribution in [-0.4, -0.2) is 13.0 Å². The van der Waals surface area contributed by atoms with Crippen LogP contribution < -0.4 is 5.73 Å². The van der Waals surface area contributed by atoms with Gasteiger partial charge in [0.25, 0.3) is 10.1 Å². The molecule has 0 aromatic heterocycles. The van der Waals surface area contributed by atoms with Crippen LogP contribution in [0.2, 0.25) is 0 Å². The van der Waals surface area contributed by atoms with Crippen molar-refractivity contribution in [3.05, 3.63) is 21.8 Å². The summed E-state index contributed by atoms with van der Waals surface area (Å²) in [5.74, 6) is 0. The zero-order valence-corrected chi connectivity index (χ0v) is 8.83. The van der Waals surface area contributed by atoms with Gasteiger partial charge >= 0.3 is 0 Å². The Morgan fingerprint density at radius 1 is 1.42 bits per heavy atom. The van der Waals surface area contributed by atoms with Crippen LogP contribution in [0.1, 0.15) is 0 Å². The minimum Gasteiger partial charge on any atom is -0.398 e. The summed E-state index contributed by atoms with van der Waals surface area (Å²) in [7, 11) is -4.18. The van der Waals surface area contributed by atoms with E-state index in [0.717, 1.165) is 3.57 Å². The maximum absolute atomic E-state index is 10.6. The normalized spacial score (nSPS) is 11.5. The smallest absolute Gasteiger partial charge is 0.296 e. The standard InChI is InChI=1S/C6H6INO3S/c7-4-1-2-6(5(8)3-4)12(9,10)11/h1-3H,8H2,(H,9,10,11). The number of hydrogen-bond donors (Lipinski definition) is 2. The van der Waals surface area contributed by atoms with Crippen molar-refractivity contribution < 1.29 is 13.0 Å². The predicted octanol–water partition coefficient (Wildman–Crippen LogP) is 1.12. The van der Waals surface area contributed by atoms with E-state index in [-0.39, 0.29) is 10.6 Å². The van der Waals surface area contributed by atoms with Gasteiger partial charge in [-0.05, 0) is 40.8 Å². The summed E-state index contributed by atoms with van der Waals surface area (Å²) in [4.78, 5) is -0.247. The molecule has 1 aromatic rings. The highest BCUT2D eigenvalue weighted by molar-refractivity contribution is 14.1. The van der Waals surface area contributed by atoms with Crippen LogP contribution in [-0.2, 0) is 10.1 Å². The van der Waals surface area contributed by atoms with Gasteiger partial charge in [0.05, 0.1) is 5.69 Å². The molecule has 0 unspecified atom stereocenters. The average Bonchev–Trinajstić information content (AvgIpc) is 1.83. The Balaban J connectivity index is 3.39. The summed E-state index contributed by atoms with van der Waals surface area (Å²) in [6.45, 7) is 0. The summed E-state index contributed by atoms with van der Waals surface area (Å²) in [6.07, 6.45) is 0. The van der Waals surface area contributed by atoms with E-state index in [0.29, 0.717) is 0 Å². The van der Waals surface area contributed by atoms with Crippen molar-refractivity contribution in [1.82, 2.24) is 0 Å². The van der Waals surface area contributed by atoms with Gasteiger partial charge in [-0.15, -0.1) is 0 Å². The Morgan fingerprint density at radius 3 is 2.42 bits per heavy atom. The molecule has 0 saturated carbocycles. The van der Waals surface area contributed by atoms with E-state index >= 15 is 0 Å². The monoisotopic (exact) mass is 299 g/mol. The van der Waals surface area contributed by atoms with Gasteiger partial charge in [-0.2, -0.15) is 8.42 Å². The van der Waals surface area contributed by atoms with Crippen LogP contribution in [0.25, 0.3) is 0 Å². The number of rotatable bonds is 1. The third kappa shape index (κ3) is 2.08. The first-order valence-electron chi connectivity index (χ1n) is 2.94. The van der Waals surface area contributed by atoms with Crippen LogP contribution in [0.15, 0.2) is 23.1 Å². The largest absolute Gasteiger partial charge is 0.398 e. The molecule has 0 fully saturated rings. The van der Waals surface area contributed by atoms with E-state index < -0.39 is 10.1 Å². The SMILES string of the molecule is Nc1cc(I)ccc1S(=O)(=O)O. The maximum Gasteiger partial charge on any atom is 0.296 e. The first kappa shape index (κ1) is 9.75. The van der Waals surface area contributed by atoms with E-state index in [4.69, 9.17) is 10.3 Å². The minimum atomic E-state index is -4.18. The molecular formula is C6H6INO3S. The summed E-state index contributed by atoms with van der Waals surface area (Å²) in [5, 5.41) is 0. The number of nitrogen functional groups attached to an aromatic ring is 1. The average molecular weight is 299 g/mol. The van der Waals surface area contributed by atoms with Crippen LogP contribution >= 0.6 is 22.6 Å². The van der Waals surface area contributed by atoms with E-state index in [9.17, 15) is 8.42 Å². The fraction of sp³-hybridized carbons (Fsp3) is 0. The zero-order valence-electron chi connectivity index (χ0n) is 5.86. The second-order valence-corrected chi connectivity index (χ2v) is 4.79. The third-order valence-electron chi connectivity index (χ3n) is 1.25. The Kier molecular flexibility index (Phi) is 2.59. The van der Waals surface area contributed by atoms with Crippen molar-refractivity contribution in [2.45, 2.75) is 4.90 Å². The molecule has 0 bridgehead atoms. The van der Waals surface area contributed by atoms with Crippen molar-refractivity contribution in [1.29, 1.82) is 0 Å². The first-order chi connectivity index (χ1) is 5.41. The van der Waals surface area contributed by atoms with Crippen molar-refractivity contribution in [2.24, 2.45) is 0 Å². The van der Waals surface area contributed by atoms with Gasteiger partial charge in [0.1, 0.15) is 4.90 Å². The van der Waals surface area contributed by atoms with E-state index in [1.54, 1.807) is 6.07 Å². The van der Waals surface area contributed by atoms with Gasteiger partial charge in [-0.3, -0.25) is 4.55 Å². The number of benzene rings is 1.